The minimum atomic E-state index is -1.22. The summed E-state index contributed by atoms with van der Waals surface area (Å²) in [5.74, 6) is 2.16. The molecule has 77 heavy (non-hydrogen) atoms. The van der Waals surface area contributed by atoms with Gasteiger partial charge in [-0.25, -0.2) is 14.6 Å². The van der Waals surface area contributed by atoms with Crippen LogP contribution in [0.5, 0.6) is 0 Å². The number of carbonyl (C=O) groups excluding carboxylic acids is 3. The van der Waals surface area contributed by atoms with Crippen molar-refractivity contribution in [3.8, 4) is 0 Å². The first-order valence-corrected chi connectivity index (χ1v) is 30.2. The number of aryl methyl sites for hydroxylation is 2. The summed E-state index contributed by atoms with van der Waals surface area (Å²) in [4.78, 5) is 69.1. The molecule has 4 heterocycles. The van der Waals surface area contributed by atoms with Crippen molar-refractivity contribution in [3.05, 3.63) is 39.8 Å². The summed E-state index contributed by atoms with van der Waals surface area (Å²) in [5, 5.41) is 26.1. The van der Waals surface area contributed by atoms with Crippen molar-refractivity contribution >= 4 is 34.7 Å². The fourth-order valence-electron chi connectivity index (χ4n) is 12.2. The number of ketones is 2. The summed E-state index contributed by atoms with van der Waals surface area (Å²) in [6, 6.07) is 1.40. The number of pyridine rings is 2. The number of hydrogen-bond acceptors (Lipinski definition) is 11. The molecule has 0 spiro atoms. The van der Waals surface area contributed by atoms with E-state index in [0.717, 1.165) is 103 Å². The SMILES string of the molecule is CC.CC.CC1CCCOC1.CCn1cc(C(=O)O)c(=O)c2cc(CCCNCCCC[C@@H](C(C)C)C(C)C[C@@H](C)C[C@@H]3C(C)C(=O)CCC4OC(=O)NC4[C@@H](C)C(=O)[C@H](C)CC(C)(CC)C[C@H]3C)cnc21.CNC.CO. The number of nitrogens with zero attached hydrogens (tertiary/aromatic N) is 2. The lowest BCUT2D eigenvalue weighted by atomic mass is 9.65. The van der Waals surface area contributed by atoms with Gasteiger partial charge in [0.2, 0.25) is 5.43 Å². The molecule has 6 unspecified atom stereocenters. The van der Waals surface area contributed by atoms with E-state index >= 15 is 0 Å². The summed E-state index contributed by atoms with van der Waals surface area (Å²) in [5.41, 5.74) is 0.705. The van der Waals surface area contributed by atoms with Crippen LogP contribution in [0.25, 0.3) is 11.0 Å². The number of rotatable bonds is 18. The minimum absolute atomic E-state index is 0.0342. The Morgan fingerprint density at radius 1 is 0.922 bits per heavy atom. The molecule has 2 aromatic heterocycles. The van der Waals surface area contributed by atoms with Crippen molar-refractivity contribution < 1.29 is 38.9 Å². The molecular weight excluding hydrogens is 971 g/mol. The van der Waals surface area contributed by atoms with Crippen LogP contribution in [0, 0.1) is 64.6 Å². The summed E-state index contributed by atoms with van der Waals surface area (Å²) in [7, 11) is 4.75. The predicted molar refractivity (Wildman–Crippen MR) is 319 cm³/mol. The third kappa shape index (κ3) is 24.7. The van der Waals surface area contributed by atoms with Gasteiger partial charge in [-0.05, 0) is 163 Å². The lowest BCUT2D eigenvalue weighted by Gasteiger charge is -2.40. The van der Waals surface area contributed by atoms with Gasteiger partial charge >= 0.3 is 12.1 Å². The number of carboxylic acid groups (broad SMARTS) is 1. The van der Waals surface area contributed by atoms with Gasteiger partial charge in [0, 0.05) is 63.4 Å². The van der Waals surface area contributed by atoms with Crippen LogP contribution < -0.4 is 21.4 Å². The van der Waals surface area contributed by atoms with Crippen molar-refractivity contribution in [1.29, 1.82) is 0 Å². The van der Waals surface area contributed by atoms with Crippen molar-refractivity contribution in [2.24, 2.45) is 64.6 Å². The Labute approximate surface area is 468 Å². The maximum absolute atomic E-state index is 14.0. The quantitative estimate of drug-likeness (QED) is 0.0887. The van der Waals surface area contributed by atoms with E-state index in [-0.39, 0.29) is 46.2 Å². The van der Waals surface area contributed by atoms with Gasteiger partial charge in [-0.2, -0.15) is 0 Å². The van der Waals surface area contributed by atoms with Gasteiger partial charge in [0.1, 0.15) is 28.9 Å². The summed E-state index contributed by atoms with van der Waals surface area (Å²) in [6.07, 6.45) is 15.6. The number of hydrogen-bond donors (Lipinski definition) is 5. The molecule has 1 amide bonds. The molecule has 12 atom stereocenters. The molecule has 0 bridgehead atoms. The average Bonchev–Trinajstić information content (AvgIpc) is 3.80. The molecule has 1 saturated carbocycles. The Morgan fingerprint density at radius 3 is 2.10 bits per heavy atom. The fourth-order valence-corrected chi connectivity index (χ4v) is 12.2. The second-order valence-corrected chi connectivity index (χ2v) is 23.0. The van der Waals surface area contributed by atoms with Crippen LogP contribution in [-0.2, 0) is 32.0 Å². The van der Waals surface area contributed by atoms with Crippen LogP contribution in [0.2, 0.25) is 0 Å². The van der Waals surface area contributed by atoms with Gasteiger partial charge in [-0.15, -0.1) is 0 Å². The van der Waals surface area contributed by atoms with Gasteiger partial charge < -0.3 is 40.2 Å². The van der Waals surface area contributed by atoms with Crippen molar-refractivity contribution in [3.63, 3.8) is 0 Å². The molecule has 2 aliphatic heterocycles. The monoisotopic (exact) mass is 1090 g/mol. The molecule has 1 aliphatic carbocycles. The van der Waals surface area contributed by atoms with Crippen LogP contribution in [-0.4, -0.2) is 103 Å². The predicted octanol–water partition coefficient (Wildman–Crippen LogP) is 12.8. The normalized spacial score (nSPS) is 25.8. The number of amides is 1. The first-order valence-electron chi connectivity index (χ1n) is 30.2. The van der Waals surface area contributed by atoms with Crippen LogP contribution in [0.1, 0.15) is 210 Å². The molecule has 5 N–H and O–H groups in total. The van der Waals surface area contributed by atoms with Crippen molar-refractivity contribution in [2.45, 2.75) is 219 Å². The molecule has 3 fully saturated rings. The van der Waals surface area contributed by atoms with E-state index in [2.05, 4.69) is 83.2 Å². The van der Waals surface area contributed by atoms with Crippen LogP contribution in [0.4, 0.5) is 4.79 Å². The van der Waals surface area contributed by atoms with Crippen molar-refractivity contribution in [1.82, 2.24) is 25.5 Å². The molecule has 0 radical (unpaired) electrons. The number of alkyl carbamates (subject to hydrolysis) is 1. The van der Waals surface area contributed by atoms with Gasteiger partial charge in [-0.3, -0.25) is 14.4 Å². The summed E-state index contributed by atoms with van der Waals surface area (Å²) in [6.45, 7) is 38.9. The van der Waals surface area contributed by atoms with Crippen LogP contribution in [0.3, 0.4) is 0 Å². The maximum atomic E-state index is 14.0. The van der Waals surface area contributed by atoms with E-state index in [1.54, 1.807) is 16.8 Å². The maximum Gasteiger partial charge on any atom is 0.407 e. The highest BCUT2D eigenvalue weighted by molar-refractivity contribution is 5.91. The van der Waals surface area contributed by atoms with Gasteiger partial charge in [0.15, 0.2) is 0 Å². The largest absolute Gasteiger partial charge is 0.477 e. The lowest BCUT2D eigenvalue weighted by Crippen LogP contribution is -2.44. The minimum Gasteiger partial charge on any atom is -0.477 e. The van der Waals surface area contributed by atoms with Crippen LogP contribution >= 0.6 is 0 Å². The van der Waals surface area contributed by atoms with Crippen LogP contribution in [0.15, 0.2) is 23.3 Å². The molecule has 14 heteroatoms. The molecule has 2 aromatic rings. The van der Waals surface area contributed by atoms with E-state index in [1.165, 1.54) is 25.5 Å². The summed E-state index contributed by atoms with van der Waals surface area (Å²) < 4.78 is 12.5. The molecular formula is C63H115N5O9. The van der Waals surface area contributed by atoms with Crippen molar-refractivity contribution in [2.75, 3.05) is 47.5 Å². The van der Waals surface area contributed by atoms with Gasteiger partial charge in [0.05, 0.1) is 11.4 Å². The summed E-state index contributed by atoms with van der Waals surface area (Å²) >= 11 is 0. The highest BCUT2D eigenvalue weighted by Gasteiger charge is 2.44. The number of aliphatic hydroxyl groups is 1. The Morgan fingerprint density at radius 2 is 1.56 bits per heavy atom. The molecule has 3 aliphatic rings. The fraction of sp³-hybridized carbons (Fsp3) is 0.810. The lowest BCUT2D eigenvalue weighted by molar-refractivity contribution is -0.128. The first-order chi connectivity index (χ1) is 36.6. The highest BCUT2D eigenvalue weighted by Crippen LogP contribution is 2.44. The van der Waals surface area contributed by atoms with E-state index in [0.29, 0.717) is 60.0 Å². The second-order valence-electron chi connectivity index (χ2n) is 23.0. The third-order valence-electron chi connectivity index (χ3n) is 16.4. The van der Waals surface area contributed by atoms with E-state index < -0.39 is 29.6 Å². The molecule has 446 valence electrons. The molecule has 5 rings (SSSR count). The van der Waals surface area contributed by atoms with E-state index in [4.69, 9.17) is 14.6 Å². The standard InChI is InChI=1S/C50H80N4O7.C6H12O.C2H7N.2C2H6.CH4O/c1-12-50(11)26-33(7)39(35(9)42(55)19-20-43-44(53-49(60)61-43)36(10)45(56)34(8)27-50)24-31(5)23-32(6)38(30(3)4)18-14-15-21-51-22-16-17-37-25-40-46(57)41(48(58)59)29-54(13-2)47(40)52-28-37;1-6-3-2-4-7-5-6;1-3-2;3*1-2/h25,28-36,38-39,43-44,51H,12-24,26-27H2,1-11H3,(H,53,60)(H,58,59);6H,2-5H2,1H3;3H,1-2H3;2*1-2H3;2H,1H3/t31-,32?,33-,34-,35?,36-,38+,39+,43?,44?,50?;;;;;/m1...../s1. The molecule has 0 aromatic carbocycles. The number of Topliss-reactive ketones (excluding diaryl/α,β-unsaturated/α-hetero) is 2. The molecule has 2 saturated heterocycles. The first kappa shape index (κ1) is 73.3. The number of nitrogens with one attached hydrogen (secondary N) is 3. The van der Waals surface area contributed by atoms with Gasteiger partial charge in [-0.1, -0.05) is 117 Å². The smallest absolute Gasteiger partial charge is 0.407 e. The number of unbranched alkanes of at least 4 members (excludes halogenated alkanes) is 1. The number of carbonyl (C=O) groups is 4. The zero-order chi connectivity index (χ0) is 59.0. The number of aromatic nitrogens is 2. The van der Waals surface area contributed by atoms with Gasteiger partial charge in [0.25, 0.3) is 0 Å². The topological polar surface area (TPSA) is 198 Å². The Hall–Kier alpha value is -3.72. The Bertz CT molecular complexity index is 2020. The average molecular weight is 1090 g/mol. The second kappa shape index (κ2) is 39.6. The van der Waals surface area contributed by atoms with E-state index in [9.17, 15) is 29.1 Å². The molecule has 14 nitrogen and oxygen atoms in total. The number of carboxylic acids is 1. The zero-order valence-electron chi connectivity index (χ0n) is 52.2. The number of aromatic carboxylic acids is 1. The number of ether oxygens (including phenoxy) is 2. The zero-order valence-corrected chi connectivity index (χ0v) is 52.2. The van der Waals surface area contributed by atoms with E-state index in [1.807, 2.05) is 62.6 Å². The highest BCUT2D eigenvalue weighted by atomic mass is 16.6. The Kier molecular flexibility index (Phi) is 37.7. The number of fused-ring (bicyclic) bond motifs is 2. The third-order valence-corrected chi connectivity index (χ3v) is 16.4. The Balaban J connectivity index is 0.00000317. The number of aliphatic hydroxyl groups excluding tert-OH is 1.